The van der Waals surface area contributed by atoms with Gasteiger partial charge in [0.15, 0.2) is 0 Å². The largest absolute Gasteiger partial charge is 0.327 e. The van der Waals surface area contributed by atoms with E-state index in [2.05, 4.69) is 69.8 Å². The Bertz CT molecular complexity index is 1170. The molecular weight excluding hydrogens is 444 g/mol. The summed E-state index contributed by atoms with van der Waals surface area (Å²) in [7, 11) is 4.57. The molecule has 2 fully saturated rings. The first-order valence-corrected chi connectivity index (χ1v) is 14.2. The van der Waals surface area contributed by atoms with Crippen LogP contribution in [0, 0.1) is 5.92 Å². The zero-order chi connectivity index (χ0) is 24.5. The van der Waals surface area contributed by atoms with Crippen LogP contribution < -0.4 is 0 Å². The molecular formula is C30H42N6. The van der Waals surface area contributed by atoms with Crippen molar-refractivity contribution in [3.63, 3.8) is 0 Å². The summed E-state index contributed by atoms with van der Waals surface area (Å²) in [5.74, 6) is 1.89. The van der Waals surface area contributed by atoms with Crippen LogP contribution in [0.25, 0.3) is 11.0 Å². The van der Waals surface area contributed by atoms with E-state index in [-0.39, 0.29) is 0 Å². The average molecular weight is 487 g/mol. The summed E-state index contributed by atoms with van der Waals surface area (Å²) in [6.07, 6.45) is 10.9. The molecule has 6 heteroatoms. The number of likely N-dealkylation sites (N-methyl/N-ethyl adjacent to an activating group) is 1. The van der Waals surface area contributed by atoms with E-state index in [1.54, 1.807) is 0 Å². The molecule has 3 atom stereocenters. The number of aromatic nitrogens is 3. The van der Waals surface area contributed by atoms with Gasteiger partial charge in [-0.1, -0.05) is 18.2 Å². The van der Waals surface area contributed by atoms with Crippen LogP contribution in [0.4, 0.5) is 0 Å². The molecule has 0 spiro atoms. The highest BCUT2D eigenvalue weighted by Gasteiger charge is 2.29. The number of fused-ring (bicyclic) bond motifs is 2. The van der Waals surface area contributed by atoms with E-state index in [4.69, 9.17) is 9.97 Å². The van der Waals surface area contributed by atoms with Crippen molar-refractivity contribution in [2.45, 2.75) is 70.1 Å². The smallest absolute Gasteiger partial charge is 0.124 e. The summed E-state index contributed by atoms with van der Waals surface area (Å²) < 4.78 is 2.55. The summed E-state index contributed by atoms with van der Waals surface area (Å²) in [6, 6.07) is 14.2. The van der Waals surface area contributed by atoms with E-state index < -0.39 is 0 Å². The molecule has 1 unspecified atom stereocenters. The Hall–Kier alpha value is -2.28. The van der Waals surface area contributed by atoms with Gasteiger partial charge >= 0.3 is 0 Å². The fraction of sp³-hybridized carbons (Fsp3) is 0.600. The molecule has 192 valence electrons. The quantitative estimate of drug-likeness (QED) is 0.482. The third-order valence-corrected chi connectivity index (χ3v) is 9.01. The fourth-order valence-electron chi connectivity index (χ4n) is 7.03. The number of nitrogens with zero attached hydrogens (tertiary/aromatic N) is 6. The Morgan fingerprint density at radius 1 is 0.972 bits per heavy atom. The zero-order valence-corrected chi connectivity index (χ0v) is 22.1. The lowest BCUT2D eigenvalue weighted by molar-refractivity contribution is 0.127. The lowest BCUT2D eigenvalue weighted by Gasteiger charge is -2.36. The predicted molar refractivity (Wildman–Crippen MR) is 146 cm³/mol. The highest BCUT2D eigenvalue weighted by atomic mass is 15.2. The molecule has 1 aliphatic carbocycles. The molecule has 2 saturated heterocycles. The second-order valence-electron chi connectivity index (χ2n) is 11.5. The molecule has 6 rings (SSSR count). The van der Waals surface area contributed by atoms with E-state index in [0.29, 0.717) is 12.0 Å². The van der Waals surface area contributed by atoms with Crippen LogP contribution >= 0.6 is 0 Å². The molecule has 3 aliphatic rings. The van der Waals surface area contributed by atoms with Crippen molar-refractivity contribution in [2.75, 3.05) is 40.3 Å². The van der Waals surface area contributed by atoms with Crippen molar-refractivity contribution >= 4 is 11.0 Å². The SMILES string of the molecule is CN(Cc1nc2ccccc2n1C[C@H]1CCCN(C[C@H]2CCCN2C)C1)C1CCCc2cccnc21. The van der Waals surface area contributed by atoms with Crippen molar-refractivity contribution in [1.82, 2.24) is 29.2 Å². The maximum atomic E-state index is 5.16. The number of rotatable bonds is 7. The normalized spacial score (nSPS) is 25.6. The fourth-order valence-corrected chi connectivity index (χ4v) is 7.03. The van der Waals surface area contributed by atoms with Gasteiger partial charge in [0.1, 0.15) is 5.82 Å². The summed E-state index contributed by atoms with van der Waals surface area (Å²) in [5, 5.41) is 0. The van der Waals surface area contributed by atoms with Crippen LogP contribution in [-0.4, -0.2) is 75.6 Å². The van der Waals surface area contributed by atoms with E-state index in [1.165, 1.54) is 87.3 Å². The topological polar surface area (TPSA) is 40.4 Å². The van der Waals surface area contributed by atoms with Crippen LogP contribution in [0.5, 0.6) is 0 Å². The predicted octanol–water partition coefficient (Wildman–Crippen LogP) is 4.75. The first-order valence-electron chi connectivity index (χ1n) is 14.2. The Labute approximate surface area is 216 Å². The number of pyridine rings is 1. The highest BCUT2D eigenvalue weighted by Crippen LogP contribution is 2.33. The minimum Gasteiger partial charge on any atom is -0.327 e. The number of para-hydroxylation sites is 2. The van der Waals surface area contributed by atoms with Gasteiger partial charge in [-0.2, -0.15) is 0 Å². The number of likely N-dealkylation sites (tertiary alicyclic amines) is 2. The van der Waals surface area contributed by atoms with Gasteiger partial charge in [-0.25, -0.2) is 4.98 Å². The van der Waals surface area contributed by atoms with Crippen LogP contribution in [0.15, 0.2) is 42.6 Å². The molecule has 0 radical (unpaired) electrons. The number of aryl methyl sites for hydroxylation is 1. The van der Waals surface area contributed by atoms with Crippen molar-refractivity contribution in [3.8, 4) is 0 Å². The second kappa shape index (κ2) is 10.6. The van der Waals surface area contributed by atoms with Crippen LogP contribution in [0.3, 0.4) is 0 Å². The Balaban J connectivity index is 1.20. The van der Waals surface area contributed by atoms with Crippen molar-refractivity contribution < 1.29 is 0 Å². The monoisotopic (exact) mass is 486 g/mol. The van der Waals surface area contributed by atoms with E-state index >= 15 is 0 Å². The van der Waals surface area contributed by atoms with Crippen LogP contribution in [-0.2, 0) is 19.5 Å². The van der Waals surface area contributed by atoms with Gasteiger partial charge in [0.2, 0.25) is 0 Å². The number of benzene rings is 1. The first-order chi connectivity index (χ1) is 17.7. The molecule has 0 N–H and O–H groups in total. The van der Waals surface area contributed by atoms with Gasteiger partial charge in [-0.3, -0.25) is 9.88 Å². The maximum absolute atomic E-state index is 5.16. The number of hydrogen-bond donors (Lipinski definition) is 0. The summed E-state index contributed by atoms with van der Waals surface area (Å²) in [4.78, 5) is 17.8. The summed E-state index contributed by atoms with van der Waals surface area (Å²) >= 11 is 0. The van der Waals surface area contributed by atoms with E-state index in [0.717, 1.165) is 31.1 Å². The highest BCUT2D eigenvalue weighted by molar-refractivity contribution is 5.75. The second-order valence-corrected chi connectivity index (χ2v) is 11.5. The molecule has 3 aromatic rings. The molecule has 0 bridgehead atoms. The molecule has 2 aliphatic heterocycles. The van der Waals surface area contributed by atoms with Gasteiger partial charge < -0.3 is 14.4 Å². The van der Waals surface area contributed by atoms with Gasteiger partial charge in [0, 0.05) is 31.9 Å². The van der Waals surface area contributed by atoms with Crippen molar-refractivity contribution in [2.24, 2.45) is 5.92 Å². The van der Waals surface area contributed by atoms with Crippen LogP contribution in [0.2, 0.25) is 0 Å². The average Bonchev–Trinajstić information content (AvgIpc) is 3.46. The Morgan fingerprint density at radius 2 is 1.86 bits per heavy atom. The van der Waals surface area contributed by atoms with Gasteiger partial charge in [-0.15, -0.1) is 0 Å². The molecule has 2 aromatic heterocycles. The molecule has 0 amide bonds. The zero-order valence-electron chi connectivity index (χ0n) is 22.1. The minimum atomic E-state index is 0.372. The Kier molecular flexibility index (Phi) is 7.09. The third-order valence-electron chi connectivity index (χ3n) is 9.01. The molecule has 6 nitrogen and oxygen atoms in total. The number of piperidine rings is 1. The van der Waals surface area contributed by atoms with Gasteiger partial charge in [0.25, 0.3) is 0 Å². The summed E-state index contributed by atoms with van der Waals surface area (Å²) in [6.45, 7) is 6.91. The van der Waals surface area contributed by atoms with Gasteiger partial charge in [0.05, 0.1) is 29.3 Å². The first kappa shape index (κ1) is 24.1. The van der Waals surface area contributed by atoms with E-state index in [9.17, 15) is 0 Å². The minimum absolute atomic E-state index is 0.372. The Morgan fingerprint density at radius 3 is 2.75 bits per heavy atom. The van der Waals surface area contributed by atoms with Gasteiger partial charge in [-0.05, 0) is 102 Å². The standard InChI is InChI=1S/C30H42N6/c1-33-17-8-12-25(33)21-35-18-7-9-23(19-35)20-36-27-14-4-3-13-26(27)32-29(36)22-34(2)28-15-5-10-24-11-6-16-31-30(24)28/h3-4,6,11,13-14,16,23,25,28H,5,7-10,12,15,17-22H2,1-2H3/t23-,25+,28?/m0/s1. The number of imidazole rings is 1. The molecule has 1 aromatic carbocycles. The molecule has 36 heavy (non-hydrogen) atoms. The lowest BCUT2D eigenvalue weighted by Crippen LogP contribution is -2.44. The third kappa shape index (κ3) is 4.96. The summed E-state index contributed by atoms with van der Waals surface area (Å²) in [5.41, 5.74) is 5.11. The maximum Gasteiger partial charge on any atom is 0.124 e. The lowest BCUT2D eigenvalue weighted by atomic mass is 9.91. The van der Waals surface area contributed by atoms with Crippen molar-refractivity contribution in [1.29, 1.82) is 0 Å². The number of hydrogen-bond acceptors (Lipinski definition) is 5. The molecule has 4 heterocycles. The van der Waals surface area contributed by atoms with Crippen LogP contribution in [0.1, 0.15) is 61.6 Å². The van der Waals surface area contributed by atoms with E-state index in [1.807, 2.05) is 6.20 Å². The van der Waals surface area contributed by atoms with Crippen molar-refractivity contribution in [3.05, 3.63) is 59.7 Å². The molecule has 0 saturated carbocycles.